The summed E-state index contributed by atoms with van der Waals surface area (Å²) in [5, 5.41) is 4.31. The minimum atomic E-state index is -0.237. The van der Waals surface area contributed by atoms with Crippen LogP contribution >= 0.6 is 0 Å². The molecule has 2 aliphatic rings. The van der Waals surface area contributed by atoms with Gasteiger partial charge in [0.1, 0.15) is 0 Å². The largest absolute Gasteiger partial charge is 0.384 e. The van der Waals surface area contributed by atoms with Crippen LogP contribution in [0.5, 0.6) is 0 Å². The van der Waals surface area contributed by atoms with E-state index in [1.165, 1.54) is 4.90 Å². The van der Waals surface area contributed by atoms with Gasteiger partial charge in [-0.1, -0.05) is 36.4 Å². The number of nitrogens with one attached hydrogen (secondary N) is 2. The van der Waals surface area contributed by atoms with E-state index in [1.54, 1.807) is 7.05 Å². The number of aromatic amines is 1. The third-order valence-electron chi connectivity index (χ3n) is 5.36. The Labute approximate surface area is 150 Å². The number of hydrogen-bond donors (Lipinski definition) is 2. The molecule has 1 unspecified atom stereocenters. The third-order valence-corrected chi connectivity index (χ3v) is 5.36. The maximum absolute atomic E-state index is 13.0. The SMILES string of the molecule is CN1C(=O)C(c2c[nH]c3ccccc23)=C(C2CNc3ccccc32)C1=O. The average Bonchev–Trinajstić information content (AvgIpc) is 3.33. The van der Waals surface area contributed by atoms with Crippen molar-refractivity contribution < 1.29 is 9.59 Å². The standard InChI is InChI=1S/C21H17N3O2/c1-24-20(25)18(14-10-22-16-8-4-2-6-12(14)16)19(21(24)26)15-11-23-17-9-5-3-7-13(15)17/h2-10,15,22-23H,11H2,1H3. The van der Waals surface area contributed by atoms with Crippen molar-refractivity contribution >= 4 is 34.0 Å². The first-order valence-electron chi connectivity index (χ1n) is 8.62. The van der Waals surface area contributed by atoms with Gasteiger partial charge in [0.15, 0.2) is 0 Å². The Bertz CT molecular complexity index is 1110. The summed E-state index contributed by atoms with van der Waals surface area (Å²) in [6.45, 7) is 0.618. The summed E-state index contributed by atoms with van der Waals surface area (Å²) < 4.78 is 0. The highest BCUT2D eigenvalue weighted by Gasteiger charge is 2.43. The summed E-state index contributed by atoms with van der Waals surface area (Å²) in [6, 6.07) is 15.8. The second-order valence-corrected chi connectivity index (χ2v) is 6.73. The Morgan fingerprint density at radius 2 is 1.77 bits per heavy atom. The number of aromatic nitrogens is 1. The summed E-state index contributed by atoms with van der Waals surface area (Å²) in [4.78, 5) is 30.4. The molecule has 0 fully saturated rings. The molecule has 3 aromatic rings. The Morgan fingerprint density at radius 1 is 1.00 bits per heavy atom. The lowest BCUT2D eigenvalue weighted by molar-refractivity contribution is -0.135. The molecule has 0 radical (unpaired) electrons. The fourth-order valence-electron chi connectivity index (χ4n) is 4.07. The number of benzene rings is 2. The van der Waals surface area contributed by atoms with Crippen LogP contribution < -0.4 is 5.32 Å². The van der Waals surface area contributed by atoms with Crippen LogP contribution in [0.25, 0.3) is 16.5 Å². The first-order chi connectivity index (χ1) is 12.7. The minimum absolute atomic E-state index is 0.128. The van der Waals surface area contributed by atoms with Crippen LogP contribution in [0.4, 0.5) is 5.69 Å². The number of hydrogen-bond acceptors (Lipinski definition) is 3. The number of H-pyrrole nitrogens is 1. The van der Waals surface area contributed by atoms with Gasteiger partial charge in [-0.05, 0) is 17.7 Å². The summed E-state index contributed by atoms with van der Waals surface area (Å²) in [7, 11) is 1.56. The summed E-state index contributed by atoms with van der Waals surface area (Å²) >= 11 is 0. The average molecular weight is 343 g/mol. The summed E-state index contributed by atoms with van der Waals surface area (Å²) in [5.41, 5.74) is 4.93. The lowest BCUT2D eigenvalue weighted by Gasteiger charge is -2.13. The van der Waals surface area contributed by atoms with Crippen molar-refractivity contribution in [2.75, 3.05) is 18.9 Å². The van der Waals surface area contributed by atoms with Crippen molar-refractivity contribution in [1.29, 1.82) is 0 Å². The van der Waals surface area contributed by atoms with Crippen LogP contribution in [0, 0.1) is 0 Å². The van der Waals surface area contributed by atoms with Gasteiger partial charge in [-0.15, -0.1) is 0 Å². The molecule has 0 saturated carbocycles. The van der Waals surface area contributed by atoms with Crippen molar-refractivity contribution in [3.63, 3.8) is 0 Å². The monoisotopic (exact) mass is 343 g/mol. The van der Waals surface area contributed by atoms with E-state index in [9.17, 15) is 9.59 Å². The van der Waals surface area contributed by atoms with E-state index in [-0.39, 0.29) is 17.7 Å². The molecule has 26 heavy (non-hydrogen) atoms. The lowest BCUT2D eigenvalue weighted by atomic mass is 9.88. The zero-order valence-corrected chi connectivity index (χ0v) is 14.2. The molecule has 1 aromatic heterocycles. The second kappa shape index (κ2) is 5.33. The van der Waals surface area contributed by atoms with Gasteiger partial charge in [0.25, 0.3) is 11.8 Å². The maximum Gasteiger partial charge on any atom is 0.261 e. The molecule has 5 nitrogen and oxygen atoms in total. The van der Waals surface area contributed by atoms with Gasteiger partial charge >= 0.3 is 0 Å². The van der Waals surface area contributed by atoms with Gasteiger partial charge in [-0.3, -0.25) is 14.5 Å². The molecule has 0 saturated heterocycles. The Hall–Kier alpha value is -3.34. The van der Waals surface area contributed by atoms with Crippen molar-refractivity contribution in [3.05, 3.63) is 71.4 Å². The molecule has 0 spiro atoms. The molecule has 5 heteroatoms. The van der Waals surface area contributed by atoms with Crippen LogP contribution in [0.15, 0.2) is 60.3 Å². The second-order valence-electron chi connectivity index (χ2n) is 6.73. The van der Waals surface area contributed by atoms with E-state index in [1.807, 2.05) is 54.7 Å². The van der Waals surface area contributed by atoms with E-state index >= 15 is 0 Å². The van der Waals surface area contributed by atoms with Crippen molar-refractivity contribution in [1.82, 2.24) is 9.88 Å². The molecule has 3 heterocycles. The van der Waals surface area contributed by atoms with Crippen LogP contribution in [0.2, 0.25) is 0 Å². The first-order valence-corrected chi connectivity index (χ1v) is 8.62. The number of anilines is 1. The zero-order valence-electron chi connectivity index (χ0n) is 14.2. The number of amides is 2. The normalized spacial score (nSPS) is 19.4. The molecule has 128 valence electrons. The van der Waals surface area contributed by atoms with E-state index in [2.05, 4.69) is 10.3 Å². The van der Waals surface area contributed by atoms with E-state index < -0.39 is 0 Å². The molecular formula is C21H17N3O2. The number of carbonyl (C=O) groups excluding carboxylic acids is 2. The first kappa shape index (κ1) is 15.0. The predicted octanol–water partition coefficient (Wildman–Crippen LogP) is 3.13. The van der Waals surface area contributed by atoms with Gasteiger partial charge in [0.2, 0.25) is 0 Å². The van der Waals surface area contributed by atoms with Gasteiger partial charge in [-0.25, -0.2) is 0 Å². The van der Waals surface area contributed by atoms with E-state index in [0.717, 1.165) is 27.7 Å². The molecule has 2 amide bonds. The number of fused-ring (bicyclic) bond motifs is 2. The van der Waals surface area contributed by atoms with Gasteiger partial charge in [0.05, 0.1) is 5.57 Å². The number of carbonyl (C=O) groups is 2. The number of nitrogens with zero attached hydrogens (tertiary/aromatic N) is 1. The van der Waals surface area contributed by atoms with Gasteiger partial charge in [-0.2, -0.15) is 0 Å². The number of rotatable bonds is 2. The highest BCUT2D eigenvalue weighted by atomic mass is 16.2. The summed E-state index contributed by atoms with van der Waals surface area (Å²) in [6.07, 6.45) is 1.83. The number of likely N-dealkylation sites (N-methyl/N-ethyl adjacent to an activating group) is 1. The number of imide groups is 1. The van der Waals surface area contributed by atoms with Crippen LogP contribution in [-0.4, -0.2) is 35.3 Å². The topological polar surface area (TPSA) is 65.2 Å². The minimum Gasteiger partial charge on any atom is -0.384 e. The molecule has 1 atom stereocenters. The van der Waals surface area contributed by atoms with Crippen molar-refractivity contribution in [2.45, 2.75) is 5.92 Å². The quantitative estimate of drug-likeness (QED) is 0.703. The Balaban J connectivity index is 1.77. The Morgan fingerprint density at radius 3 is 2.65 bits per heavy atom. The highest BCUT2D eigenvalue weighted by molar-refractivity contribution is 6.37. The Kier molecular flexibility index (Phi) is 3.06. The van der Waals surface area contributed by atoms with Crippen molar-refractivity contribution in [2.24, 2.45) is 0 Å². The molecule has 2 N–H and O–H groups in total. The fraction of sp³-hybridized carbons (Fsp3) is 0.143. The smallest absolute Gasteiger partial charge is 0.261 e. The molecule has 5 rings (SSSR count). The van der Waals surface area contributed by atoms with Gasteiger partial charge in [0, 0.05) is 53.4 Å². The maximum atomic E-state index is 13.0. The molecule has 2 aromatic carbocycles. The third kappa shape index (κ3) is 1.91. The lowest BCUT2D eigenvalue weighted by Crippen LogP contribution is -2.28. The van der Waals surface area contributed by atoms with Crippen LogP contribution in [0.1, 0.15) is 17.0 Å². The van der Waals surface area contributed by atoms with E-state index in [4.69, 9.17) is 0 Å². The predicted molar refractivity (Wildman–Crippen MR) is 101 cm³/mol. The molecule has 0 aliphatic carbocycles. The van der Waals surface area contributed by atoms with Gasteiger partial charge < -0.3 is 10.3 Å². The summed E-state index contributed by atoms with van der Waals surface area (Å²) in [5.74, 6) is -0.575. The fourth-order valence-corrected chi connectivity index (χ4v) is 4.07. The van der Waals surface area contributed by atoms with E-state index in [0.29, 0.717) is 17.7 Å². The molecular weight excluding hydrogens is 326 g/mol. The zero-order chi connectivity index (χ0) is 17.8. The molecule has 2 aliphatic heterocycles. The van der Waals surface area contributed by atoms with Crippen molar-refractivity contribution in [3.8, 4) is 0 Å². The van der Waals surface area contributed by atoms with Crippen LogP contribution in [-0.2, 0) is 9.59 Å². The highest BCUT2D eigenvalue weighted by Crippen LogP contribution is 2.43. The number of para-hydroxylation sites is 2. The molecule has 0 bridgehead atoms. The van der Waals surface area contributed by atoms with Crippen LogP contribution in [0.3, 0.4) is 0 Å².